The maximum absolute atomic E-state index is 11.5. The summed E-state index contributed by atoms with van der Waals surface area (Å²) in [6.45, 7) is 0.951. The van der Waals surface area contributed by atoms with Crippen molar-refractivity contribution in [1.82, 2.24) is 14.5 Å². The summed E-state index contributed by atoms with van der Waals surface area (Å²) in [5.74, 6) is 0.703. The van der Waals surface area contributed by atoms with Crippen molar-refractivity contribution in [3.63, 3.8) is 0 Å². The lowest BCUT2D eigenvalue weighted by Gasteiger charge is -2.12. The summed E-state index contributed by atoms with van der Waals surface area (Å²) in [6, 6.07) is 0. The normalized spacial score (nSPS) is 13.5. The first-order valence-corrected chi connectivity index (χ1v) is 4.47. The second kappa shape index (κ2) is 3.24. The molecule has 0 saturated heterocycles. The highest BCUT2D eigenvalue weighted by molar-refractivity contribution is 5.44. The molecule has 0 N–H and O–H groups in total. The van der Waals surface area contributed by atoms with Gasteiger partial charge in [0, 0.05) is 20.6 Å². The smallest absolute Gasteiger partial charge is 0.347 e. The monoisotopic (exact) mass is 206 g/mol. The van der Waals surface area contributed by atoms with Gasteiger partial charge in [0.1, 0.15) is 0 Å². The number of fused-ring (bicyclic) bond motifs is 1. The zero-order valence-corrected chi connectivity index (χ0v) is 8.51. The number of nitrogens with zero attached hydrogens (tertiary/aromatic N) is 6. The Balaban J connectivity index is 2.59. The van der Waals surface area contributed by atoms with Crippen LogP contribution in [0.5, 0.6) is 0 Å². The quantitative estimate of drug-likeness (QED) is 0.549. The van der Waals surface area contributed by atoms with E-state index in [-0.39, 0.29) is 5.69 Å². The van der Waals surface area contributed by atoms with Crippen LogP contribution in [0.15, 0.2) is 4.79 Å². The molecule has 0 amide bonds. The standard InChI is InChI=1S/C8H10N6O/c1-12(2)6-10-7-13(5-9)3-4-14(7)8(15)11-6/h3-4H2,1-2H3. The van der Waals surface area contributed by atoms with Crippen LogP contribution in [0.25, 0.3) is 0 Å². The molecule has 0 atom stereocenters. The van der Waals surface area contributed by atoms with Crippen molar-refractivity contribution in [2.45, 2.75) is 6.54 Å². The lowest BCUT2D eigenvalue weighted by Crippen LogP contribution is -2.27. The molecule has 0 aliphatic carbocycles. The summed E-state index contributed by atoms with van der Waals surface area (Å²) >= 11 is 0. The van der Waals surface area contributed by atoms with Crippen LogP contribution in [0, 0.1) is 11.5 Å². The number of nitriles is 1. The number of rotatable bonds is 1. The van der Waals surface area contributed by atoms with Crippen molar-refractivity contribution in [1.29, 1.82) is 5.26 Å². The first-order valence-electron chi connectivity index (χ1n) is 4.47. The number of anilines is 2. The number of hydrogen-bond acceptors (Lipinski definition) is 6. The molecule has 0 spiro atoms. The highest BCUT2D eigenvalue weighted by Crippen LogP contribution is 2.16. The van der Waals surface area contributed by atoms with E-state index >= 15 is 0 Å². The summed E-state index contributed by atoms with van der Waals surface area (Å²) in [7, 11) is 3.50. The minimum Gasteiger partial charge on any atom is -0.347 e. The van der Waals surface area contributed by atoms with Gasteiger partial charge in [-0.3, -0.25) is 4.57 Å². The van der Waals surface area contributed by atoms with Crippen molar-refractivity contribution >= 4 is 11.9 Å². The lowest BCUT2D eigenvalue weighted by molar-refractivity contribution is 0.721. The van der Waals surface area contributed by atoms with Crippen LogP contribution in [0.4, 0.5) is 11.9 Å². The Bertz CT molecular complexity index is 485. The first kappa shape index (κ1) is 9.45. The van der Waals surface area contributed by atoms with Gasteiger partial charge in [-0.05, 0) is 0 Å². The molecule has 0 aromatic carbocycles. The molecular formula is C8H10N6O. The van der Waals surface area contributed by atoms with Gasteiger partial charge in [0.15, 0.2) is 6.19 Å². The molecule has 2 rings (SSSR count). The van der Waals surface area contributed by atoms with E-state index in [0.717, 1.165) is 0 Å². The molecule has 1 aliphatic heterocycles. The second-order valence-electron chi connectivity index (χ2n) is 3.40. The van der Waals surface area contributed by atoms with Crippen LogP contribution < -0.4 is 15.5 Å². The van der Waals surface area contributed by atoms with Crippen LogP contribution in [-0.4, -0.2) is 35.2 Å². The summed E-state index contributed by atoms with van der Waals surface area (Å²) in [4.78, 5) is 22.5. The predicted octanol–water partition coefficient (Wildman–Crippen LogP) is -0.995. The van der Waals surface area contributed by atoms with Crippen molar-refractivity contribution in [3.05, 3.63) is 10.5 Å². The summed E-state index contributed by atoms with van der Waals surface area (Å²) in [6.07, 6.45) is 1.98. The van der Waals surface area contributed by atoms with Gasteiger partial charge in [-0.2, -0.15) is 15.2 Å². The van der Waals surface area contributed by atoms with E-state index in [2.05, 4.69) is 9.97 Å². The minimum atomic E-state index is -0.360. The Labute approximate surface area is 86.2 Å². The van der Waals surface area contributed by atoms with Gasteiger partial charge in [-0.15, -0.1) is 0 Å². The van der Waals surface area contributed by atoms with Crippen LogP contribution in [0.1, 0.15) is 0 Å². The van der Waals surface area contributed by atoms with Gasteiger partial charge in [0.25, 0.3) is 0 Å². The fourth-order valence-electron chi connectivity index (χ4n) is 1.40. The maximum atomic E-state index is 11.5. The van der Waals surface area contributed by atoms with Crippen molar-refractivity contribution in [3.8, 4) is 6.19 Å². The molecule has 0 saturated carbocycles. The van der Waals surface area contributed by atoms with Gasteiger partial charge in [0.05, 0.1) is 6.54 Å². The zero-order valence-electron chi connectivity index (χ0n) is 8.51. The second-order valence-corrected chi connectivity index (χ2v) is 3.40. The SMILES string of the molecule is CN(C)c1nc2n(c(=O)n1)CCN2C#N. The van der Waals surface area contributed by atoms with Gasteiger partial charge in [-0.25, -0.2) is 9.69 Å². The van der Waals surface area contributed by atoms with E-state index in [1.165, 1.54) is 9.47 Å². The first-order chi connectivity index (χ1) is 7.13. The molecule has 2 heterocycles. The average molecular weight is 206 g/mol. The summed E-state index contributed by atoms with van der Waals surface area (Å²) in [5.41, 5.74) is -0.360. The van der Waals surface area contributed by atoms with E-state index in [1.54, 1.807) is 19.0 Å². The highest BCUT2D eigenvalue weighted by Gasteiger charge is 2.23. The Morgan fingerprint density at radius 3 is 2.73 bits per heavy atom. The predicted molar refractivity (Wildman–Crippen MR) is 53.6 cm³/mol. The molecule has 1 aliphatic rings. The molecule has 1 aromatic rings. The Hall–Kier alpha value is -2.10. The lowest BCUT2D eigenvalue weighted by atomic mass is 10.6. The Morgan fingerprint density at radius 2 is 2.13 bits per heavy atom. The fraction of sp³-hybridized carbons (Fsp3) is 0.500. The minimum absolute atomic E-state index is 0.327. The molecule has 1 aromatic heterocycles. The molecule has 7 nitrogen and oxygen atoms in total. The average Bonchev–Trinajstić information content (AvgIpc) is 2.60. The van der Waals surface area contributed by atoms with Crippen LogP contribution in [0.3, 0.4) is 0 Å². The maximum Gasteiger partial charge on any atom is 0.353 e. The summed E-state index contributed by atoms with van der Waals surface area (Å²) < 4.78 is 1.40. The van der Waals surface area contributed by atoms with E-state index in [4.69, 9.17) is 5.26 Å². The molecular weight excluding hydrogens is 196 g/mol. The van der Waals surface area contributed by atoms with Crippen molar-refractivity contribution < 1.29 is 0 Å². The molecule has 0 bridgehead atoms. The van der Waals surface area contributed by atoms with Crippen LogP contribution >= 0.6 is 0 Å². The van der Waals surface area contributed by atoms with E-state index in [0.29, 0.717) is 25.0 Å². The highest BCUT2D eigenvalue weighted by atomic mass is 16.1. The van der Waals surface area contributed by atoms with Crippen LogP contribution in [0.2, 0.25) is 0 Å². The van der Waals surface area contributed by atoms with E-state index < -0.39 is 0 Å². The van der Waals surface area contributed by atoms with Crippen LogP contribution in [-0.2, 0) is 6.54 Å². The van der Waals surface area contributed by atoms with Crippen molar-refractivity contribution in [2.75, 3.05) is 30.4 Å². The Kier molecular flexibility index (Phi) is 2.04. The zero-order chi connectivity index (χ0) is 11.0. The summed E-state index contributed by atoms with van der Waals surface area (Å²) in [5, 5.41) is 8.82. The van der Waals surface area contributed by atoms with E-state index in [9.17, 15) is 4.79 Å². The van der Waals surface area contributed by atoms with Gasteiger partial charge in [-0.1, -0.05) is 0 Å². The van der Waals surface area contributed by atoms with Crippen molar-refractivity contribution in [2.24, 2.45) is 0 Å². The third-order valence-corrected chi connectivity index (χ3v) is 2.18. The molecule has 0 unspecified atom stereocenters. The Morgan fingerprint density at radius 1 is 1.40 bits per heavy atom. The third kappa shape index (κ3) is 1.40. The molecule has 78 valence electrons. The number of hydrogen-bond donors (Lipinski definition) is 0. The van der Waals surface area contributed by atoms with Gasteiger partial charge in [0.2, 0.25) is 11.9 Å². The van der Waals surface area contributed by atoms with E-state index in [1.807, 2.05) is 6.19 Å². The molecule has 0 fully saturated rings. The van der Waals surface area contributed by atoms with Gasteiger partial charge < -0.3 is 4.90 Å². The van der Waals surface area contributed by atoms with Gasteiger partial charge >= 0.3 is 5.69 Å². The molecule has 0 radical (unpaired) electrons. The largest absolute Gasteiger partial charge is 0.353 e. The third-order valence-electron chi connectivity index (χ3n) is 2.18. The molecule has 7 heteroatoms. The molecule has 15 heavy (non-hydrogen) atoms. The number of aromatic nitrogens is 3. The fourth-order valence-corrected chi connectivity index (χ4v) is 1.40. The topological polar surface area (TPSA) is 78.1 Å².